The van der Waals surface area contributed by atoms with E-state index in [1.54, 1.807) is 4.41 Å². The van der Waals surface area contributed by atoms with E-state index in [-0.39, 0.29) is 5.41 Å². The second kappa shape index (κ2) is 3.23. The van der Waals surface area contributed by atoms with Crippen molar-refractivity contribution in [2.45, 2.75) is 34.6 Å². The number of hydrogen-bond donors (Lipinski definition) is 0. The Morgan fingerprint density at radius 1 is 1.08 bits per heavy atom. The molecule has 1 aliphatic carbocycles. The van der Waals surface area contributed by atoms with Gasteiger partial charge in [-0.15, -0.1) is 0 Å². The van der Waals surface area contributed by atoms with Crippen molar-refractivity contribution in [3.05, 3.63) is 21.1 Å². The van der Waals surface area contributed by atoms with Crippen LogP contribution in [0.2, 0.25) is 0 Å². The van der Waals surface area contributed by atoms with Gasteiger partial charge in [0.05, 0.1) is 0 Å². The van der Waals surface area contributed by atoms with Crippen LogP contribution in [0.3, 0.4) is 0 Å². The summed E-state index contributed by atoms with van der Waals surface area (Å²) in [4.78, 5) is 0. The average molecular weight is 245 g/mol. The zero-order chi connectivity index (χ0) is 9.52. The molecule has 0 saturated heterocycles. The molecular weight excluding hydrogens is 228 g/mol. The predicted octanol–water partition coefficient (Wildman–Crippen LogP) is 2.96. The van der Waals surface area contributed by atoms with Gasteiger partial charge in [0.1, 0.15) is 0 Å². The Hall–Kier alpha value is 0.313. The van der Waals surface area contributed by atoms with Gasteiger partial charge in [-0.1, -0.05) is 0 Å². The van der Waals surface area contributed by atoms with Crippen LogP contribution in [-0.4, -0.2) is 14.5 Å². The maximum absolute atomic E-state index is 6.12. The van der Waals surface area contributed by atoms with E-state index in [1.165, 1.54) is 16.7 Å². The van der Waals surface area contributed by atoms with Crippen molar-refractivity contribution in [1.82, 2.24) is 0 Å². The first-order valence-electron chi connectivity index (χ1n) is 4.37. The molecule has 0 saturated carbocycles. The van der Waals surface area contributed by atoms with Crippen LogP contribution < -0.4 is 0 Å². The first-order chi connectivity index (χ1) is 5.42. The van der Waals surface area contributed by atoms with E-state index in [0.29, 0.717) is 0 Å². The normalized spacial score (nSPS) is 23.5. The summed E-state index contributed by atoms with van der Waals surface area (Å²) >= 11 is -0.926. The molecule has 0 unspecified atom stereocenters. The van der Waals surface area contributed by atoms with Gasteiger partial charge in [-0.2, -0.15) is 0 Å². The molecule has 1 aliphatic rings. The molecule has 2 heteroatoms. The standard InChI is InChI=1S/C10H17ClGe/c1-6-7(2)9(12-11)10(4,5)8(6)3/h12H2,1-5H3. The molecule has 0 spiro atoms. The predicted molar refractivity (Wildman–Crippen MR) is 59.3 cm³/mol. The summed E-state index contributed by atoms with van der Waals surface area (Å²) < 4.78 is 1.58. The fourth-order valence-electron chi connectivity index (χ4n) is 1.94. The fourth-order valence-corrected chi connectivity index (χ4v) is 6.95. The third-order valence-electron chi connectivity index (χ3n) is 3.40. The summed E-state index contributed by atoms with van der Waals surface area (Å²) in [5.74, 6) is 0. The summed E-state index contributed by atoms with van der Waals surface area (Å²) in [6.45, 7) is 11.3. The monoisotopic (exact) mass is 246 g/mol. The molecule has 1 rings (SSSR count). The number of halogens is 1. The van der Waals surface area contributed by atoms with Crippen LogP contribution >= 0.6 is 10.0 Å². The second-order valence-corrected chi connectivity index (χ2v) is 7.55. The minimum absolute atomic E-state index is 0.274. The second-order valence-electron chi connectivity index (χ2n) is 4.11. The van der Waals surface area contributed by atoms with Crippen LogP contribution in [0.15, 0.2) is 21.1 Å². The Balaban J connectivity index is 3.23. The molecule has 0 aromatic heterocycles. The van der Waals surface area contributed by atoms with E-state index in [1.807, 2.05) is 0 Å². The Morgan fingerprint density at radius 2 is 1.58 bits per heavy atom. The Morgan fingerprint density at radius 3 is 1.75 bits per heavy atom. The third-order valence-corrected chi connectivity index (χ3v) is 8.32. The van der Waals surface area contributed by atoms with E-state index in [4.69, 9.17) is 10.0 Å². The zero-order valence-electron chi connectivity index (χ0n) is 8.59. The zero-order valence-corrected chi connectivity index (χ0v) is 12.3. The van der Waals surface area contributed by atoms with E-state index >= 15 is 0 Å². The quantitative estimate of drug-likeness (QED) is 0.623. The molecule has 68 valence electrons. The molecule has 0 aromatic carbocycles. The van der Waals surface area contributed by atoms with Gasteiger partial charge < -0.3 is 0 Å². The molecule has 0 atom stereocenters. The van der Waals surface area contributed by atoms with E-state index < -0.39 is 14.5 Å². The molecule has 0 nitrogen and oxygen atoms in total. The summed E-state index contributed by atoms with van der Waals surface area (Å²) in [6.07, 6.45) is 0. The van der Waals surface area contributed by atoms with Crippen molar-refractivity contribution in [1.29, 1.82) is 0 Å². The molecule has 0 heterocycles. The van der Waals surface area contributed by atoms with Gasteiger partial charge in [0.15, 0.2) is 0 Å². The maximum atomic E-state index is 6.12. The molecule has 0 aromatic rings. The summed E-state index contributed by atoms with van der Waals surface area (Å²) in [7, 11) is 6.12. The average Bonchev–Trinajstić information content (AvgIpc) is 2.13. The van der Waals surface area contributed by atoms with Crippen LogP contribution in [0.1, 0.15) is 34.6 Å². The molecule has 0 fully saturated rings. The molecule has 0 radical (unpaired) electrons. The molecule has 0 aliphatic heterocycles. The summed E-state index contributed by atoms with van der Waals surface area (Å²) in [5, 5.41) is 0. The van der Waals surface area contributed by atoms with Crippen molar-refractivity contribution in [2.24, 2.45) is 5.41 Å². The topological polar surface area (TPSA) is 0 Å². The van der Waals surface area contributed by atoms with Crippen LogP contribution in [-0.2, 0) is 0 Å². The van der Waals surface area contributed by atoms with Gasteiger partial charge in [-0.3, -0.25) is 0 Å². The number of rotatable bonds is 1. The van der Waals surface area contributed by atoms with Crippen molar-refractivity contribution in [3.8, 4) is 0 Å². The van der Waals surface area contributed by atoms with Crippen LogP contribution in [0, 0.1) is 5.41 Å². The first-order valence-corrected chi connectivity index (χ1v) is 9.75. The van der Waals surface area contributed by atoms with Gasteiger partial charge in [0.2, 0.25) is 0 Å². The van der Waals surface area contributed by atoms with Gasteiger partial charge in [0, 0.05) is 0 Å². The van der Waals surface area contributed by atoms with Crippen molar-refractivity contribution in [3.63, 3.8) is 0 Å². The Kier molecular flexibility index (Phi) is 2.79. The van der Waals surface area contributed by atoms with Crippen LogP contribution in [0.5, 0.6) is 0 Å². The van der Waals surface area contributed by atoms with Crippen molar-refractivity contribution in [2.75, 3.05) is 0 Å². The third kappa shape index (κ3) is 1.29. The molecule has 12 heavy (non-hydrogen) atoms. The van der Waals surface area contributed by atoms with E-state index in [2.05, 4.69) is 34.6 Å². The van der Waals surface area contributed by atoms with Gasteiger partial charge in [0.25, 0.3) is 0 Å². The molecule has 0 bridgehead atoms. The summed E-state index contributed by atoms with van der Waals surface area (Å²) in [5.41, 5.74) is 4.74. The minimum atomic E-state index is -0.926. The first kappa shape index (κ1) is 10.4. The molecule has 0 N–H and O–H groups in total. The van der Waals surface area contributed by atoms with Crippen molar-refractivity contribution < 1.29 is 0 Å². The molecular formula is C10H17ClGe. The summed E-state index contributed by atoms with van der Waals surface area (Å²) in [6, 6.07) is 0. The number of hydrogen-bond acceptors (Lipinski definition) is 0. The van der Waals surface area contributed by atoms with E-state index in [0.717, 1.165) is 0 Å². The fraction of sp³-hybridized carbons (Fsp3) is 0.600. The van der Waals surface area contributed by atoms with Crippen LogP contribution in [0.25, 0.3) is 0 Å². The van der Waals surface area contributed by atoms with Crippen molar-refractivity contribution >= 4 is 24.5 Å². The SMILES string of the molecule is CC1=C(C)C(C)(C)[C]([GeH2][Cl])=C1C. The molecule has 0 amide bonds. The van der Waals surface area contributed by atoms with Gasteiger partial charge >= 0.3 is 85.7 Å². The van der Waals surface area contributed by atoms with E-state index in [9.17, 15) is 0 Å². The Bertz CT molecular complexity index is 272. The number of allylic oxidation sites excluding steroid dienone is 4. The van der Waals surface area contributed by atoms with Gasteiger partial charge in [-0.05, 0) is 0 Å². The van der Waals surface area contributed by atoms with Gasteiger partial charge in [-0.25, -0.2) is 0 Å². The van der Waals surface area contributed by atoms with Crippen LogP contribution in [0.4, 0.5) is 0 Å². The Labute approximate surface area is 85.7 Å².